The van der Waals surface area contributed by atoms with Gasteiger partial charge in [0, 0.05) is 17.6 Å². The predicted molar refractivity (Wildman–Crippen MR) is 93.1 cm³/mol. The molecule has 6 nitrogen and oxygen atoms in total. The molecule has 0 bridgehead atoms. The summed E-state index contributed by atoms with van der Waals surface area (Å²) in [5, 5.41) is 13.0. The lowest BCUT2D eigenvalue weighted by Gasteiger charge is -2.08. The second-order valence-electron chi connectivity index (χ2n) is 5.19. The van der Waals surface area contributed by atoms with Crippen LogP contribution < -0.4 is 10.1 Å². The minimum Gasteiger partial charge on any atom is -0.507 e. The highest BCUT2D eigenvalue weighted by molar-refractivity contribution is 6.30. The van der Waals surface area contributed by atoms with Crippen LogP contribution in [-0.4, -0.2) is 37.2 Å². The van der Waals surface area contributed by atoms with Crippen LogP contribution in [0.15, 0.2) is 42.5 Å². The highest BCUT2D eigenvalue weighted by Gasteiger charge is 2.15. The van der Waals surface area contributed by atoms with Crippen LogP contribution in [0, 0.1) is 0 Å². The number of esters is 1. The predicted octanol–water partition coefficient (Wildman–Crippen LogP) is 2.57. The number of benzene rings is 2. The van der Waals surface area contributed by atoms with Gasteiger partial charge in [-0.2, -0.15) is 0 Å². The summed E-state index contributed by atoms with van der Waals surface area (Å²) in [6.07, 6.45) is 0.611. The summed E-state index contributed by atoms with van der Waals surface area (Å²) < 4.78 is 9.82. The number of carbonyl (C=O) groups excluding carboxylic acids is 2. The Morgan fingerprint density at radius 3 is 2.68 bits per heavy atom. The average Bonchev–Trinajstić information content (AvgIpc) is 2.59. The van der Waals surface area contributed by atoms with Gasteiger partial charge < -0.3 is 19.9 Å². The lowest BCUT2D eigenvalue weighted by atomic mass is 10.1. The van der Waals surface area contributed by atoms with Crippen molar-refractivity contribution in [3.63, 3.8) is 0 Å². The van der Waals surface area contributed by atoms with E-state index < -0.39 is 18.5 Å². The summed E-state index contributed by atoms with van der Waals surface area (Å²) in [4.78, 5) is 23.6. The van der Waals surface area contributed by atoms with Crippen molar-refractivity contribution < 1.29 is 24.2 Å². The monoisotopic (exact) mass is 363 g/mol. The smallest absolute Gasteiger partial charge is 0.342 e. The van der Waals surface area contributed by atoms with Gasteiger partial charge in [0.1, 0.15) is 17.1 Å². The van der Waals surface area contributed by atoms with E-state index in [1.165, 1.54) is 25.3 Å². The third-order valence-corrected chi connectivity index (χ3v) is 3.62. The molecule has 25 heavy (non-hydrogen) atoms. The van der Waals surface area contributed by atoms with Crippen LogP contribution in [0.4, 0.5) is 0 Å². The van der Waals surface area contributed by atoms with E-state index in [1.807, 2.05) is 18.2 Å². The minimum atomic E-state index is -0.787. The van der Waals surface area contributed by atoms with E-state index in [2.05, 4.69) is 5.32 Å². The first kappa shape index (κ1) is 18.6. The number of aromatic hydroxyl groups is 1. The van der Waals surface area contributed by atoms with Gasteiger partial charge in [0.05, 0.1) is 7.11 Å². The molecule has 0 saturated heterocycles. The van der Waals surface area contributed by atoms with Crippen molar-refractivity contribution in [2.24, 2.45) is 0 Å². The van der Waals surface area contributed by atoms with Gasteiger partial charge in [0.15, 0.2) is 6.61 Å². The first-order valence-electron chi connectivity index (χ1n) is 7.55. The number of nitrogens with one attached hydrogen (secondary N) is 1. The molecule has 0 spiro atoms. The second kappa shape index (κ2) is 8.94. The van der Waals surface area contributed by atoms with Crippen LogP contribution >= 0.6 is 11.6 Å². The SMILES string of the molecule is COc1ccc(C(=O)OCC(=O)NCCc2cccc(Cl)c2)c(O)c1. The highest BCUT2D eigenvalue weighted by Crippen LogP contribution is 2.23. The molecule has 0 aliphatic carbocycles. The first-order chi connectivity index (χ1) is 12.0. The standard InChI is InChI=1S/C18H18ClNO5/c1-24-14-5-6-15(16(21)10-14)18(23)25-11-17(22)20-8-7-12-3-2-4-13(19)9-12/h2-6,9-10,21H,7-8,11H2,1H3,(H,20,22). The van der Waals surface area contributed by atoms with Gasteiger partial charge in [-0.05, 0) is 36.2 Å². The number of halogens is 1. The van der Waals surface area contributed by atoms with Crippen molar-refractivity contribution >= 4 is 23.5 Å². The third kappa shape index (κ3) is 5.69. The van der Waals surface area contributed by atoms with Gasteiger partial charge in [-0.25, -0.2) is 4.79 Å². The van der Waals surface area contributed by atoms with Crippen LogP contribution in [0.5, 0.6) is 11.5 Å². The van der Waals surface area contributed by atoms with Gasteiger partial charge >= 0.3 is 5.97 Å². The van der Waals surface area contributed by atoms with Crippen LogP contribution in [0.3, 0.4) is 0 Å². The van der Waals surface area contributed by atoms with E-state index in [4.69, 9.17) is 21.1 Å². The molecule has 0 fully saturated rings. The summed E-state index contributed by atoms with van der Waals surface area (Å²) in [5.41, 5.74) is 0.959. The van der Waals surface area contributed by atoms with Crippen LogP contribution in [-0.2, 0) is 16.0 Å². The minimum absolute atomic E-state index is 0.0347. The van der Waals surface area contributed by atoms with Gasteiger partial charge in [-0.15, -0.1) is 0 Å². The van der Waals surface area contributed by atoms with Crippen molar-refractivity contribution in [1.29, 1.82) is 0 Å². The Labute approximate surface area is 150 Å². The zero-order chi connectivity index (χ0) is 18.2. The zero-order valence-electron chi connectivity index (χ0n) is 13.6. The maximum atomic E-state index is 11.9. The van der Waals surface area contributed by atoms with E-state index in [0.717, 1.165) is 5.56 Å². The lowest BCUT2D eigenvalue weighted by molar-refractivity contribution is -0.124. The molecule has 1 amide bonds. The second-order valence-corrected chi connectivity index (χ2v) is 5.63. The summed E-state index contributed by atoms with van der Waals surface area (Å²) >= 11 is 5.89. The van der Waals surface area contributed by atoms with Crippen LogP contribution in [0.2, 0.25) is 5.02 Å². The van der Waals surface area contributed by atoms with Gasteiger partial charge in [-0.3, -0.25) is 4.79 Å². The number of phenols is 1. The van der Waals surface area contributed by atoms with E-state index >= 15 is 0 Å². The van der Waals surface area contributed by atoms with Crippen molar-refractivity contribution in [3.05, 3.63) is 58.6 Å². The molecule has 2 aromatic carbocycles. The summed E-state index contributed by atoms with van der Waals surface area (Å²) in [6.45, 7) is -0.0373. The summed E-state index contributed by atoms with van der Waals surface area (Å²) in [7, 11) is 1.44. The quantitative estimate of drug-likeness (QED) is 0.738. The van der Waals surface area contributed by atoms with Crippen molar-refractivity contribution in [2.75, 3.05) is 20.3 Å². The summed E-state index contributed by atoms with van der Waals surface area (Å²) in [6, 6.07) is 11.5. The average molecular weight is 364 g/mol. The molecular formula is C18H18ClNO5. The molecular weight excluding hydrogens is 346 g/mol. The number of rotatable bonds is 7. The fourth-order valence-corrected chi connectivity index (χ4v) is 2.32. The number of amides is 1. The number of hydrogen-bond donors (Lipinski definition) is 2. The molecule has 0 radical (unpaired) electrons. The van der Waals surface area contributed by atoms with E-state index in [-0.39, 0.29) is 11.3 Å². The van der Waals surface area contributed by atoms with E-state index in [1.54, 1.807) is 6.07 Å². The Kier molecular flexibility index (Phi) is 6.65. The number of hydrogen-bond acceptors (Lipinski definition) is 5. The molecule has 0 unspecified atom stereocenters. The Balaban J connectivity index is 1.76. The molecule has 0 saturated carbocycles. The number of ether oxygens (including phenoxy) is 2. The molecule has 2 N–H and O–H groups in total. The molecule has 0 aliphatic heterocycles. The van der Waals surface area contributed by atoms with Gasteiger partial charge in [-0.1, -0.05) is 23.7 Å². The molecule has 2 aromatic rings. The Hall–Kier alpha value is -2.73. The topological polar surface area (TPSA) is 84.9 Å². The Morgan fingerprint density at radius 1 is 1.20 bits per heavy atom. The van der Waals surface area contributed by atoms with Gasteiger partial charge in [0.25, 0.3) is 5.91 Å². The van der Waals surface area contributed by atoms with Crippen molar-refractivity contribution in [2.45, 2.75) is 6.42 Å². The Bertz CT molecular complexity index is 763. The molecule has 132 valence electrons. The van der Waals surface area contributed by atoms with Crippen LogP contribution in [0.1, 0.15) is 15.9 Å². The first-order valence-corrected chi connectivity index (χ1v) is 7.92. The van der Waals surface area contributed by atoms with Crippen molar-refractivity contribution in [3.8, 4) is 11.5 Å². The molecule has 7 heteroatoms. The number of carbonyl (C=O) groups is 2. The number of phenolic OH excluding ortho intramolecular Hbond substituents is 1. The Morgan fingerprint density at radius 2 is 2.00 bits per heavy atom. The van der Waals surface area contributed by atoms with Crippen molar-refractivity contribution in [1.82, 2.24) is 5.32 Å². The van der Waals surface area contributed by atoms with E-state index in [0.29, 0.717) is 23.7 Å². The maximum absolute atomic E-state index is 11.9. The van der Waals surface area contributed by atoms with Crippen LogP contribution in [0.25, 0.3) is 0 Å². The molecule has 0 aliphatic rings. The molecule has 2 rings (SSSR count). The maximum Gasteiger partial charge on any atom is 0.342 e. The summed E-state index contributed by atoms with van der Waals surface area (Å²) in [5.74, 6) is -1.08. The largest absolute Gasteiger partial charge is 0.507 e. The fourth-order valence-electron chi connectivity index (χ4n) is 2.11. The highest BCUT2D eigenvalue weighted by atomic mass is 35.5. The van der Waals surface area contributed by atoms with Gasteiger partial charge in [0.2, 0.25) is 0 Å². The lowest BCUT2D eigenvalue weighted by Crippen LogP contribution is -2.30. The third-order valence-electron chi connectivity index (χ3n) is 3.38. The zero-order valence-corrected chi connectivity index (χ0v) is 14.4. The molecule has 0 atom stereocenters. The normalized spacial score (nSPS) is 10.2. The molecule has 0 heterocycles. The molecule has 0 aromatic heterocycles. The fraction of sp³-hybridized carbons (Fsp3) is 0.222. The van der Waals surface area contributed by atoms with E-state index in [9.17, 15) is 14.7 Å². The number of methoxy groups -OCH3 is 1.